The molecule has 182 valence electrons. The summed E-state index contributed by atoms with van der Waals surface area (Å²) >= 11 is 0. The van der Waals surface area contributed by atoms with E-state index >= 15 is 0 Å². The summed E-state index contributed by atoms with van der Waals surface area (Å²) in [5, 5.41) is 29.2. The molecule has 2 amide bonds. The third kappa shape index (κ3) is 7.20. The number of benzene rings is 1. The molecule has 1 aliphatic rings. The fraction of sp³-hybridized carbons (Fsp3) is 0.250. The molecule has 0 aliphatic carbocycles. The summed E-state index contributed by atoms with van der Waals surface area (Å²) in [6.07, 6.45) is 2.88. The van der Waals surface area contributed by atoms with E-state index in [2.05, 4.69) is 25.9 Å². The lowest BCUT2D eigenvalue weighted by atomic mass is 9.94. The summed E-state index contributed by atoms with van der Waals surface area (Å²) in [5.41, 5.74) is 5.05. The Labute approximate surface area is 206 Å². The molecule has 1 atom stereocenters. The minimum Gasteiger partial charge on any atom is -0.442 e. The number of hydrogen-bond acceptors (Lipinski definition) is 10. The van der Waals surface area contributed by atoms with E-state index in [9.17, 15) is 14.4 Å². The Kier molecular flexibility index (Phi) is 8.78. The summed E-state index contributed by atoms with van der Waals surface area (Å²) in [4.78, 5) is 40.4. The van der Waals surface area contributed by atoms with Gasteiger partial charge in [-0.25, -0.2) is 0 Å². The predicted octanol–water partition coefficient (Wildman–Crippen LogP) is 1.68. The molecule has 0 radical (unpaired) electrons. The SMILES string of the molecule is C[C@@H]1CC(=O)N(COC(=O)CC(=O)NCc2ccncc2)N=C1c1ccc(NN=C(C#N)C#N)cc1. The summed E-state index contributed by atoms with van der Waals surface area (Å²) < 4.78 is 5.10. The predicted molar refractivity (Wildman–Crippen MR) is 128 cm³/mol. The summed E-state index contributed by atoms with van der Waals surface area (Å²) in [7, 11) is 0. The highest BCUT2D eigenvalue weighted by Gasteiger charge is 2.28. The molecule has 12 heteroatoms. The Bertz CT molecular complexity index is 1240. The number of nitriles is 2. The maximum Gasteiger partial charge on any atom is 0.317 e. The molecular formula is C24H22N8O4. The van der Waals surface area contributed by atoms with Crippen molar-refractivity contribution in [1.29, 1.82) is 10.5 Å². The van der Waals surface area contributed by atoms with E-state index in [1.165, 1.54) is 0 Å². The molecular weight excluding hydrogens is 464 g/mol. The van der Waals surface area contributed by atoms with Crippen molar-refractivity contribution in [3.63, 3.8) is 0 Å². The number of aromatic nitrogens is 1. The van der Waals surface area contributed by atoms with Gasteiger partial charge in [-0.2, -0.15) is 25.7 Å². The van der Waals surface area contributed by atoms with Crippen LogP contribution in [0.15, 0.2) is 59.0 Å². The van der Waals surface area contributed by atoms with E-state index in [0.717, 1.165) is 16.1 Å². The van der Waals surface area contributed by atoms with Crippen LogP contribution in [-0.2, 0) is 25.7 Å². The molecule has 2 heterocycles. The van der Waals surface area contributed by atoms with Crippen LogP contribution in [0.3, 0.4) is 0 Å². The summed E-state index contributed by atoms with van der Waals surface area (Å²) in [6, 6.07) is 13.7. The van der Waals surface area contributed by atoms with Crippen LogP contribution < -0.4 is 10.7 Å². The van der Waals surface area contributed by atoms with Gasteiger partial charge in [-0.15, -0.1) is 0 Å². The van der Waals surface area contributed by atoms with Gasteiger partial charge in [-0.1, -0.05) is 19.1 Å². The zero-order valence-electron chi connectivity index (χ0n) is 19.3. The highest BCUT2D eigenvalue weighted by atomic mass is 16.5. The molecule has 0 bridgehead atoms. The number of carbonyl (C=O) groups is 3. The molecule has 3 rings (SSSR count). The molecule has 1 aromatic heterocycles. The van der Waals surface area contributed by atoms with Gasteiger partial charge in [-0.3, -0.25) is 24.8 Å². The average Bonchev–Trinajstić information content (AvgIpc) is 2.88. The third-order valence-electron chi connectivity index (χ3n) is 5.04. The zero-order chi connectivity index (χ0) is 25.9. The Balaban J connectivity index is 1.56. The van der Waals surface area contributed by atoms with Gasteiger partial charge in [0, 0.05) is 31.3 Å². The van der Waals surface area contributed by atoms with Crippen molar-refractivity contribution in [3.8, 4) is 12.1 Å². The summed E-state index contributed by atoms with van der Waals surface area (Å²) in [5.74, 6) is -1.77. The zero-order valence-corrected chi connectivity index (χ0v) is 19.3. The number of anilines is 1. The number of hydrazone groups is 2. The number of amides is 2. The van der Waals surface area contributed by atoms with Crippen LogP contribution in [-0.4, -0.2) is 45.9 Å². The monoisotopic (exact) mass is 486 g/mol. The van der Waals surface area contributed by atoms with Crippen LogP contribution in [0, 0.1) is 28.6 Å². The molecule has 36 heavy (non-hydrogen) atoms. The lowest BCUT2D eigenvalue weighted by Crippen LogP contribution is -2.38. The second-order valence-corrected chi connectivity index (χ2v) is 7.71. The van der Waals surface area contributed by atoms with Gasteiger partial charge < -0.3 is 10.1 Å². The van der Waals surface area contributed by atoms with Crippen molar-refractivity contribution in [2.45, 2.75) is 26.3 Å². The van der Waals surface area contributed by atoms with Gasteiger partial charge in [-0.05, 0) is 35.4 Å². The van der Waals surface area contributed by atoms with E-state index in [-0.39, 0.29) is 30.5 Å². The average molecular weight is 486 g/mol. The van der Waals surface area contributed by atoms with Crippen molar-refractivity contribution in [3.05, 3.63) is 59.9 Å². The number of carbonyl (C=O) groups excluding carboxylic acids is 3. The topological polar surface area (TPSA) is 173 Å². The highest BCUT2D eigenvalue weighted by molar-refractivity contribution is 6.10. The third-order valence-corrected chi connectivity index (χ3v) is 5.04. The minimum absolute atomic E-state index is 0.167. The van der Waals surface area contributed by atoms with E-state index < -0.39 is 25.0 Å². The molecule has 0 saturated carbocycles. The normalized spacial score (nSPS) is 14.5. The Morgan fingerprint density at radius 2 is 1.86 bits per heavy atom. The van der Waals surface area contributed by atoms with Crippen LogP contribution in [0.2, 0.25) is 0 Å². The van der Waals surface area contributed by atoms with Crippen molar-refractivity contribution >= 4 is 34.9 Å². The van der Waals surface area contributed by atoms with Gasteiger partial charge in [0.05, 0.1) is 11.4 Å². The number of ether oxygens (including phenoxy) is 1. The number of pyridine rings is 1. The largest absolute Gasteiger partial charge is 0.442 e. The molecule has 12 nitrogen and oxygen atoms in total. The van der Waals surface area contributed by atoms with Crippen molar-refractivity contribution in [2.75, 3.05) is 12.2 Å². The summed E-state index contributed by atoms with van der Waals surface area (Å²) in [6.45, 7) is 1.70. The first-order chi connectivity index (χ1) is 17.4. The molecule has 2 aromatic rings. The molecule has 1 aliphatic heterocycles. The molecule has 1 aromatic carbocycles. The maximum absolute atomic E-state index is 12.4. The smallest absolute Gasteiger partial charge is 0.317 e. The van der Waals surface area contributed by atoms with Crippen LogP contribution in [0.25, 0.3) is 0 Å². The van der Waals surface area contributed by atoms with Crippen LogP contribution >= 0.6 is 0 Å². The first-order valence-electron chi connectivity index (χ1n) is 10.8. The fourth-order valence-corrected chi connectivity index (χ4v) is 3.18. The van der Waals surface area contributed by atoms with Gasteiger partial charge in [0.25, 0.3) is 0 Å². The second-order valence-electron chi connectivity index (χ2n) is 7.71. The van der Waals surface area contributed by atoms with Crippen molar-refractivity contribution in [2.24, 2.45) is 16.1 Å². The highest BCUT2D eigenvalue weighted by Crippen LogP contribution is 2.22. The van der Waals surface area contributed by atoms with Crippen molar-refractivity contribution < 1.29 is 19.1 Å². The Hall–Kier alpha value is -5.10. The Morgan fingerprint density at radius 3 is 2.53 bits per heavy atom. The van der Waals surface area contributed by atoms with Gasteiger partial charge in [0.15, 0.2) is 6.73 Å². The van der Waals surface area contributed by atoms with E-state index in [0.29, 0.717) is 11.4 Å². The quantitative estimate of drug-likeness (QED) is 0.233. The number of rotatable bonds is 9. The lowest BCUT2D eigenvalue weighted by molar-refractivity contribution is -0.154. The number of nitrogens with zero attached hydrogens (tertiary/aromatic N) is 6. The fourth-order valence-electron chi connectivity index (χ4n) is 3.18. The van der Waals surface area contributed by atoms with Crippen molar-refractivity contribution in [1.82, 2.24) is 15.3 Å². The minimum atomic E-state index is -0.782. The second kappa shape index (κ2) is 12.4. The molecule has 0 spiro atoms. The number of hydrogen-bond donors (Lipinski definition) is 2. The molecule has 0 fully saturated rings. The van der Waals surface area contributed by atoms with E-state index in [1.807, 2.05) is 6.92 Å². The molecule has 0 unspecified atom stereocenters. The van der Waals surface area contributed by atoms with Crippen LogP contribution in [0.5, 0.6) is 0 Å². The molecule has 0 saturated heterocycles. The molecule has 2 N–H and O–H groups in total. The first-order valence-corrected chi connectivity index (χ1v) is 10.8. The lowest BCUT2D eigenvalue weighted by Gasteiger charge is -2.27. The van der Waals surface area contributed by atoms with Gasteiger partial charge in [0.2, 0.25) is 17.5 Å². The van der Waals surface area contributed by atoms with Crippen LogP contribution in [0.1, 0.15) is 30.9 Å². The van der Waals surface area contributed by atoms with E-state index in [1.54, 1.807) is 60.9 Å². The number of esters is 1. The maximum atomic E-state index is 12.4. The van der Waals surface area contributed by atoms with Crippen LogP contribution in [0.4, 0.5) is 5.69 Å². The standard InChI is InChI=1S/C24H22N8O4/c1-16-10-22(34)32(15-36-23(35)11-21(33)28-14-17-6-8-27-9-7-17)31-24(16)18-2-4-19(5-3-18)29-30-20(12-25)13-26/h2-9,16,29H,10-11,14-15H2,1H3,(H,28,33)/t16-/m1/s1. The first kappa shape index (κ1) is 25.5. The van der Waals surface area contributed by atoms with E-state index in [4.69, 9.17) is 15.3 Å². The van der Waals surface area contributed by atoms with Gasteiger partial charge in [0.1, 0.15) is 18.6 Å². The van der Waals surface area contributed by atoms with Gasteiger partial charge >= 0.3 is 5.97 Å². The number of nitrogens with one attached hydrogen (secondary N) is 2. The Morgan fingerprint density at radius 1 is 1.17 bits per heavy atom.